The summed E-state index contributed by atoms with van der Waals surface area (Å²) >= 11 is 12.2. The molecule has 170 valence electrons. The first-order valence-electron chi connectivity index (χ1n) is 10.5. The Kier molecular flexibility index (Phi) is 10.1. The topological polar surface area (TPSA) is 108 Å². The summed E-state index contributed by atoms with van der Waals surface area (Å²) in [5.41, 5.74) is 2.47. The number of carbonyl (C=O) groups excluding carboxylic acids is 2. The van der Waals surface area contributed by atoms with Gasteiger partial charge in [0.1, 0.15) is 16.1 Å². The van der Waals surface area contributed by atoms with Crippen molar-refractivity contribution in [2.24, 2.45) is 0 Å². The molecule has 10 heteroatoms. The molecular formula is C21H30Cl2N6O2. The number of anilines is 1. The van der Waals surface area contributed by atoms with E-state index in [-0.39, 0.29) is 11.8 Å². The van der Waals surface area contributed by atoms with Crippen LogP contribution in [0.1, 0.15) is 58.4 Å². The molecule has 8 nitrogen and oxygen atoms in total. The molecule has 1 aromatic heterocycles. The third kappa shape index (κ3) is 8.03. The smallest absolute Gasteiger partial charge is 0.320 e. The fraction of sp³-hybridized carbons (Fsp3) is 0.524. The van der Waals surface area contributed by atoms with Crippen LogP contribution in [0.4, 0.5) is 10.7 Å². The first kappa shape index (κ1) is 24.9. The Morgan fingerprint density at radius 1 is 1.10 bits per heavy atom. The molecule has 2 heterocycles. The van der Waals surface area contributed by atoms with Crippen molar-refractivity contribution < 1.29 is 9.59 Å². The Bertz CT molecular complexity index is 846. The fourth-order valence-electron chi connectivity index (χ4n) is 2.95. The van der Waals surface area contributed by atoms with Crippen LogP contribution in [0.2, 0.25) is 10.3 Å². The molecule has 0 aromatic carbocycles. The van der Waals surface area contributed by atoms with Crippen molar-refractivity contribution in [3.63, 3.8) is 0 Å². The summed E-state index contributed by atoms with van der Waals surface area (Å²) in [4.78, 5) is 32.4. The van der Waals surface area contributed by atoms with Crippen LogP contribution in [0, 0.1) is 0 Å². The quantitative estimate of drug-likeness (QED) is 0.317. The van der Waals surface area contributed by atoms with Gasteiger partial charge in [0.15, 0.2) is 5.78 Å². The summed E-state index contributed by atoms with van der Waals surface area (Å²) in [7, 11) is 0. The molecule has 0 atom stereocenters. The number of hydrogen-bond donors (Lipinski definition) is 4. The molecule has 1 aromatic rings. The molecule has 0 saturated carbocycles. The van der Waals surface area contributed by atoms with Crippen LogP contribution in [-0.4, -0.2) is 34.9 Å². The number of nitrogens with one attached hydrogen (secondary N) is 4. The zero-order chi connectivity index (χ0) is 22.8. The monoisotopic (exact) mass is 468 g/mol. The second-order valence-electron chi connectivity index (χ2n) is 7.25. The highest BCUT2D eigenvalue weighted by Gasteiger charge is 2.14. The lowest BCUT2D eigenvalue weighted by Gasteiger charge is -2.20. The average Bonchev–Trinajstić information content (AvgIpc) is 2.72. The van der Waals surface area contributed by atoms with E-state index < -0.39 is 0 Å². The van der Waals surface area contributed by atoms with Gasteiger partial charge in [-0.05, 0) is 44.6 Å². The van der Waals surface area contributed by atoms with E-state index in [9.17, 15) is 9.59 Å². The van der Waals surface area contributed by atoms with Gasteiger partial charge in [-0.1, -0.05) is 37.0 Å². The van der Waals surface area contributed by atoms with Gasteiger partial charge in [-0.25, -0.2) is 14.8 Å². The van der Waals surface area contributed by atoms with Gasteiger partial charge in [-0.15, -0.1) is 0 Å². The number of ketones is 1. The summed E-state index contributed by atoms with van der Waals surface area (Å²) in [6.07, 6.45) is 5.59. The van der Waals surface area contributed by atoms with Gasteiger partial charge >= 0.3 is 6.03 Å². The Balaban J connectivity index is 1.72. The minimum atomic E-state index is -0.283. The molecule has 0 bridgehead atoms. The van der Waals surface area contributed by atoms with E-state index >= 15 is 0 Å². The van der Waals surface area contributed by atoms with Crippen LogP contribution in [-0.2, 0) is 11.2 Å². The minimum Gasteiger partial charge on any atom is -0.354 e. The second-order valence-corrected chi connectivity index (χ2v) is 7.96. The predicted octanol–water partition coefficient (Wildman–Crippen LogP) is 4.32. The maximum Gasteiger partial charge on any atom is 0.320 e. The number of unbranched alkanes of at least 4 members (excludes halogenated alkanes) is 1. The number of allylic oxidation sites excluding steroid dienone is 3. The molecule has 31 heavy (non-hydrogen) atoms. The molecule has 1 aliphatic rings. The van der Waals surface area contributed by atoms with Gasteiger partial charge in [0, 0.05) is 36.8 Å². The normalized spacial score (nSPS) is 14.4. The lowest BCUT2D eigenvalue weighted by Crippen LogP contribution is -2.40. The van der Waals surface area contributed by atoms with Gasteiger partial charge in [0.05, 0.1) is 0 Å². The largest absolute Gasteiger partial charge is 0.354 e. The Morgan fingerprint density at radius 2 is 1.77 bits per heavy atom. The molecule has 0 radical (unpaired) electrons. The Labute approximate surface area is 193 Å². The number of rotatable bonds is 9. The molecule has 0 fully saturated rings. The van der Waals surface area contributed by atoms with Crippen LogP contribution in [0.5, 0.6) is 0 Å². The van der Waals surface area contributed by atoms with E-state index in [0.29, 0.717) is 60.8 Å². The van der Waals surface area contributed by atoms with Crippen molar-refractivity contribution in [1.82, 2.24) is 25.9 Å². The second kappa shape index (κ2) is 12.5. The summed E-state index contributed by atoms with van der Waals surface area (Å²) in [5.74, 6) is 1.13. The van der Waals surface area contributed by atoms with Crippen molar-refractivity contribution in [3.8, 4) is 0 Å². The van der Waals surface area contributed by atoms with Crippen molar-refractivity contribution >= 4 is 41.0 Å². The van der Waals surface area contributed by atoms with Gasteiger partial charge in [-0.3, -0.25) is 10.1 Å². The van der Waals surface area contributed by atoms with Gasteiger partial charge in [-0.2, -0.15) is 0 Å². The van der Waals surface area contributed by atoms with E-state index in [4.69, 9.17) is 23.2 Å². The summed E-state index contributed by atoms with van der Waals surface area (Å²) in [6, 6.07) is -0.283. The number of hydrogen-bond acceptors (Lipinski definition) is 6. The van der Waals surface area contributed by atoms with Gasteiger partial charge < -0.3 is 16.0 Å². The van der Waals surface area contributed by atoms with Crippen LogP contribution < -0.4 is 21.3 Å². The number of nitrogens with zero attached hydrogens (tertiary/aromatic N) is 2. The Morgan fingerprint density at radius 3 is 2.42 bits per heavy atom. The Hall–Kier alpha value is -2.32. The molecule has 0 aliphatic carbocycles. The van der Waals surface area contributed by atoms with E-state index in [2.05, 4.69) is 31.2 Å². The number of amides is 2. The van der Waals surface area contributed by atoms with Crippen LogP contribution in [0.15, 0.2) is 23.2 Å². The number of urea groups is 1. The van der Waals surface area contributed by atoms with E-state index in [1.807, 2.05) is 20.8 Å². The van der Waals surface area contributed by atoms with E-state index in [0.717, 1.165) is 29.7 Å². The molecular weight excluding hydrogens is 439 g/mol. The third-order valence-electron chi connectivity index (χ3n) is 4.85. The average molecular weight is 469 g/mol. The van der Waals surface area contributed by atoms with Gasteiger partial charge in [0.25, 0.3) is 0 Å². The molecule has 0 saturated heterocycles. The van der Waals surface area contributed by atoms with E-state index in [1.54, 1.807) is 6.08 Å². The summed E-state index contributed by atoms with van der Waals surface area (Å²) in [6.45, 7) is 6.96. The van der Waals surface area contributed by atoms with Crippen molar-refractivity contribution in [2.75, 3.05) is 18.4 Å². The first-order valence-corrected chi connectivity index (χ1v) is 11.3. The highest BCUT2D eigenvalue weighted by atomic mass is 35.5. The van der Waals surface area contributed by atoms with Crippen molar-refractivity contribution in [2.45, 2.75) is 59.3 Å². The zero-order valence-corrected chi connectivity index (χ0v) is 19.7. The molecule has 0 spiro atoms. The number of carbonyl (C=O) groups is 2. The molecule has 1 aliphatic heterocycles. The lowest BCUT2D eigenvalue weighted by atomic mass is 10.1. The molecule has 2 amide bonds. The summed E-state index contributed by atoms with van der Waals surface area (Å²) < 4.78 is 0. The summed E-state index contributed by atoms with van der Waals surface area (Å²) in [5, 5.41) is 12.7. The third-order valence-corrected chi connectivity index (χ3v) is 5.47. The fourth-order valence-corrected chi connectivity index (χ4v) is 3.60. The number of aromatic nitrogens is 2. The van der Waals surface area contributed by atoms with Gasteiger partial charge in [0.2, 0.25) is 5.95 Å². The van der Waals surface area contributed by atoms with Crippen LogP contribution in [0.3, 0.4) is 0 Å². The lowest BCUT2D eigenvalue weighted by molar-refractivity contribution is -0.114. The number of halogens is 2. The van der Waals surface area contributed by atoms with Crippen LogP contribution in [0.25, 0.3) is 0 Å². The highest BCUT2D eigenvalue weighted by Crippen LogP contribution is 2.23. The first-order chi connectivity index (χ1) is 14.8. The maximum atomic E-state index is 12.3. The van der Waals surface area contributed by atoms with E-state index in [1.165, 1.54) is 0 Å². The van der Waals surface area contributed by atoms with Crippen molar-refractivity contribution in [1.29, 1.82) is 0 Å². The van der Waals surface area contributed by atoms with Crippen molar-refractivity contribution in [3.05, 3.63) is 39.0 Å². The highest BCUT2D eigenvalue weighted by molar-refractivity contribution is 6.34. The van der Waals surface area contributed by atoms with Crippen LogP contribution >= 0.6 is 23.2 Å². The standard InChI is InChI=1S/C21H30Cl2N6O2/c1-4-14-12-15(30)9-8-13(3)19(26-14)29-21(31)25-11-7-6-10-24-20-27-17(22)16(5-2)18(23)28-20/h12,26H,4-11H2,1-3H3,(H,24,27,28)(H2,25,29,31). The molecule has 2 rings (SSSR count). The zero-order valence-electron chi connectivity index (χ0n) is 18.2. The molecule has 0 unspecified atom stereocenters. The minimum absolute atomic E-state index is 0.0945. The predicted molar refractivity (Wildman–Crippen MR) is 124 cm³/mol. The molecule has 4 N–H and O–H groups in total. The maximum absolute atomic E-state index is 12.3. The SMILES string of the molecule is CCC1=CC(=O)CCC(C)=C(NC(=O)NCCCCNc2nc(Cl)c(CC)c(Cl)n2)N1.